The van der Waals surface area contributed by atoms with E-state index in [4.69, 9.17) is 0 Å². The van der Waals surface area contributed by atoms with E-state index in [1.54, 1.807) is 36.4 Å². The number of hydrogen-bond donors (Lipinski definition) is 0. The highest BCUT2D eigenvalue weighted by molar-refractivity contribution is 6.38. The fourth-order valence-corrected chi connectivity index (χ4v) is 5.85. The molecule has 6 nitrogen and oxygen atoms in total. The second kappa shape index (κ2) is 10.4. The lowest BCUT2D eigenvalue weighted by Crippen LogP contribution is -1.97. The minimum Gasteiger partial charge on any atom is -0.207 e. The number of halogens is 2. The molecular weight excluding hydrogens is 554 g/mol. The van der Waals surface area contributed by atoms with Crippen LogP contribution in [0.25, 0.3) is 44.5 Å². The molecule has 0 aliphatic heterocycles. The first-order valence-electron chi connectivity index (χ1n) is 12.9. The fraction of sp³-hybridized carbons (Fsp3) is 0. The number of benzene rings is 4. The van der Waals surface area contributed by atoms with Gasteiger partial charge >= 0.3 is 0 Å². The van der Waals surface area contributed by atoms with E-state index in [0.717, 1.165) is 12.1 Å². The summed E-state index contributed by atoms with van der Waals surface area (Å²) >= 11 is 0. The molecule has 0 N–H and O–H groups in total. The van der Waals surface area contributed by atoms with Crippen molar-refractivity contribution in [1.29, 1.82) is 31.6 Å². The number of hydrogen-bond acceptors (Lipinski definition) is 6. The normalized spacial score (nSPS) is 12.0. The smallest absolute Gasteiger partial charge is 0.138 e. The maximum Gasteiger partial charge on any atom is 0.138 e. The summed E-state index contributed by atoms with van der Waals surface area (Å²) in [5.41, 5.74) is 5.37. The summed E-state index contributed by atoms with van der Waals surface area (Å²) in [5.74, 6) is -1.14. The van der Waals surface area contributed by atoms with Gasteiger partial charge in [0.1, 0.15) is 47.1 Å². The van der Waals surface area contributed by atoms with Gasteiger partial charge in [-0.25, -0.2) is 8.78 Å². The molecule has 4 aromatic rings. The quantitative estimate of drug-likeness (QED) is 0.229. The molecule has 0 radical (unpaired) electrons. The summed E-state index contributed by atoms with van der Waals surface area (Å²) < 4.78 is 27.8. The molecule has 4 aromatic carbocycles. The Morgan fingerprint density at radius 1 is 0.432 bits per heavy atom. The molecule has 8 heteroatoms. The fourth-order valence-electron chi connectivity index (χ4n) is 5.85. The highest BCUT2D eigenvalue weighted by Crippen LogP contribution is 2.59. The number of nitriles is 6. The SMILES string of the molecule is N#CC(C#N)=C1C2=C(C(=C(C#N)C#N)c3cc(-c4ccc(F)cc4C#N)ccc32)c2ccc(-c3ccc(F)cc3C#N)cc21. The molecule has 0 amide bonds. The van der Waals surface area contributed by atoms with Gasteiger partial charge in [0, 0.05) is 22.3 Å². The zero-order valence-electron chi connectivity index (χ0n) is 22.4. The van der Waals surface area contributed by atoms with E-state index in [9.17, 15) is 40.4 Å². The van der Waals surface area contributed by atoms with Crippen LogP contribution in [-0.4, -0.2) is 0 Å². The van der Waals surface area contributed by atoms with Crippen molar-refractivity contribution in [1.82, 2.24) is 0 Å². The van der Waals surface area contributed by atoms with Crippen LogP contribution < -0.4 is 0 Å². The summed E-state index contributed by atoms with van der Waals surface area (Å²) in [6, 6.07) is 29.7. The first kappa shape index (κ1) is 27.1. The molecular formula is C36H12F2N6. The van der Waals surface area contributed by atoms with Crippen LogP contribution in [-0.2, 0) is 0 Å². The molecule has 0 unspecified atom stereocenters. The predicted octanol–water partition coefficient (Wildman–Crippen LogP) is 7.58. The average Bonchev–Trinajstić information content (AvgIpc) is 3.54. The van der Waals surface area contributed by atoms with Crippen LogP contribution in [0.1, 0.15) is 33.4 Å². The average molecular weight is 567 g/mol. The number of fused-ring (bicyclic) bond motifs is 4. The van der Waals surface area contributed by atoms with E-state index in [-0.39, 0.29) is 22.3 Å². The molecule has 0 saturated carbocycles. The van der Waals surface area contributed by atoms with Crippen molar-refractivity contribution >= 4 is 22.3 Å². The summed E-state index contributed by atoms with van der Waals surface area (Å²) in [4.78, 5) is 0. The molecule has 0 fully saturated rings. The molecule has 0 saturated heterocycles. The molecule has 44 heavy (non-hydrogen) atoms. The Bertz CT molecular complexity index is 2170. The topological polar surface area (TPSA) is 143 Å². The van der Waals surface area contributed by atoms with Crippen LogP contribution in [0, 0.1) is 79.6 Å². The van der Waals surface area contributed by atoms with Crippen LogP contribution in [0.5, 0.6) is 0 Å². The monoisotopic (exact) mass is 566 g/mol. The van der Waals surface area contributed by atoms with Crippen molar-refractivity contribution in [3.05, 3.63) is 129 Å². The molecule has 6 rings (SSSR count). The third kappa shape index (κ3) is 3.94. The summed E-state index contributed by atoms with van der Waals surface area (Å²) in [6.07, 6.45) is 0. The molecule has 2 aliphatic carbocycles. The van der Waals surface area contributed by atoms with E-state index >= 15 is 0 Å². The lowest BCUT2D eigenvalue weighted by molar-refractivity contribution is 0.627. The van der Waals surface area contributed by atoms with Crippen molar-refractivity contribution in [2.45, 2.75) is 0 Å². The summed E-state index contributed by atoms with van der Waals surface area (Å²) in [7, 11) is 0. The Balaban J connectivity index is 1.66. The largest absolute Gasteiger partial charge is 0.207 e. The molecule has 0 heterocycles. The Labute approximate surface area is 250 Å². The predicted molar refractivity (Wildman–Crippen MR) is 156 cm³/mol. The van der Waals surface area contributed by atoms with Gasteiger partial charge in [-0.2, -0.15) is 31.6 Å². The molecule has 0 aromatic heterocycles. The van der Waals surface area contributed by atoms with Gasteiger partial charge in [-0.15, -0.1) is 0 Å². The van der Waals surface area contributed by atoms with Crippen molar-refractivity contribution in [3.8, 4) is 58.7 Å². The van der Waals surface area contributed by atoms with Gasteiger partial charge in [-0.05, 0) is 80.9 Å². The zero-order chi connectivity index (χ0) is 31.1. The summed E-state index contributed by atoms with van der Waals surface area (Å²) in [5, 5.41) is 59.3. The first-order valence-corrected chi connectivity index (χ1v) is 12.9. The third-order valence-electron chi connectivity index (χ3n) is 7.64. The van der Waals surface area contributed by atoms with Crippen LogP contribution in [0.2, 0.25) is 0 Å². The third-order valence-corrected chi connectivity index (χ3v) is 7.64. The highest BCUT2D eigenvalue weighted by Gasteiger charge is 2.40. The van der Waals surface area contributed by atoms with Crippen LogP contribution in [0.3, 0.4) is 0 Å². The Morgan fingerprint density at radius 3 is 1.14 bits per heavy atom. The zero-order valence-corrected chi connectivity index (χ0v) is 22.4. The summed E-state index contributed by atoms with van der Waals surface area (Å²) in [6.45, 7) is 0. The van der Waals surface area contributed by atoms with Gasteiger partial charge in [0.05, 0.1) is 23.3 Å². The Morgan fingerprint density at radius 2 is 0.795 bits per heavy atom. The van der Waals surface area contributed by atoms with Crippen molar-refractivity contribution < 1.29 is 8.78 Å². The second-order valence-corrected chi connectivity index (χ2v) is 9.82. The van der Waals surface area contributed by atoms with Crippen LogP contribution >= 0.6 is 0 Å². The van der Waals surface area contributed by atoms with Crippen molar-refractivity contribution in [2.75, 3.05) is 0 Å². The minimum absolute atomic E-state index is 0.0991. The minimum atomic E-state index is -0.572. The number of allylic oxidation sites excluding steroid dienone is 6. The maximum absolute atomic E-state index is 13.9. The Kier molecular flexibility index (Phi) is 6.39. The van der Waals surface area contributed by atoms with Gasteiger partial charge in [-0.1, -0.05) is 36.4 Å². The molecule has 0 spiro atoms. The van der Waals surface area contributed by atoms with E-state index in [0.29, 0.717) is 66.8 Å². The lowest BCUT2D eigenvalue weighted by atomic mass is 9.86. The van der Waals surface area contributed by atoms with Crippen molar-refractivity contribution in [3.63, 3.8) is 0 Å². The van der Waals surface area contributed by atoms with Gasteiger partial charge in [0.25, 0.3) is 0 Å². The number of rotatable bonds is 2. The molecule has 2 aliphatic rings. The van der Waals surface area contributed by atoms with Gasteiger partial charge in [0.15, 0.2) is 0 Å². The standard InChI is InChI=1S/C36H12F2N6/c37-25-3-7-27(21(9-25)13-39)19-1-5-29-31(11-19)33(23(15-41)16-42)36-30-6-2-20(28-8-4-26(38)10-22(28)14-40)12-32(30)34(35(29)36)24(17-43)18-44/h1-12H. The van der Waals surface area contributed by atoms with Gasteiger partial charge in [0.2, 0.25) is 0 Å². The molecule has 200 valence electrons. The van der Waals surface area contributed by atoms with Gasteiger partial charge < -0.3 is 0 Å². The number of nitrogens with zero attached hydrogens (tertiary/aromatic N) is 6. The second-order valence-electron chi connectivity index (χ2n) is 9.82. The van der Waals surface area contributed by atoms with E-state index in [1.165, 1.54) is 24.3 Å². The molecule has 0 bridgehead atoms. The van der Waals surface area contributed by atoms with Crippen molar-refractivity contribution in [2.24, 2.45) is 0 Å². The van der Waals surface area contributed by atoms with Gasteiger partial charge in [-0.3, -0.25) is 0 Å². The van der Waals surface area contributed by atoms with Crippen LogP contribution in [0.15, 0.2) is 83.9 Å². The Hall–Kier alpha value is -7.10. The van der Waals surface area contributed by atoms with E-state index < -0.39 is 11.6 Å². The van der Waals surface area contributed by atoms with E-state index in [1.807, 2.05) is 36.4 Å². The highest BCUT2D eigenvalue weighted by atomic mass is 19.1. The lowest BCUT2D eigenvalue weighted by Gasteiger charge is -2.15. The van der Waals surface area contributed by atoms with Crippen LogP contribution in [0.4, 0.5) is 8.78 Å². The first-order chi connectivity index (χ1) is 21.4. The maximum atomic E-state index is 13.9. The molecule has 0 atom stereocenters. The van der Waals surface area contributed by atoms with E-state index in [2.05, 4.69) is 0 Å².